The highest BCUT2D eigenvalue weighted by Crippen LogP contribution is 2.65. The van der Waals surface area contributed by atoms with E-state index in [9.17, 15) is 14.4 Å². The number of hydrogen-bond donors (Lipinski definition) is 4. The number of carbonyl (C=O) groups excluding carboxylic acids is 3. The van der Waals surface area contributed by atoms with Crippen LogP contribution in [0.1, 0.15) is 34.7 Å². The van der Waals surface area contributed by atoms with Gasteiger partial charge in [0.05, 0.1) is 16.5 Å². The van der Waals surface area contributed by atoms with Crippen LogP contribution >= 0.6 is 69.0 Å². The topological polar surface area (TPSA) is 99.3 Å². The zero-order valence-electron chi connectivity index (χ0n) is 17.4. The standard InChI is InChI=1S/C22H19Cl4IN4O3/c23-12-5-11(6-13(27)7-12)17-18(22(17,25)26)20(33)29-14-3-4-16(24)15(8-14)19(32)30-31-21(34)28-9-10-1-2-10/h3-8,10,17-18H,1-2,9H2,(H,29,33)(H,30,32)(H2,28,31,34). The molecule has 0 heterocycles. The van der Waals surface area contributed by atoms with Gasteiger partial charge in [-0.1, -0.05) is 23.2 Å². The Morgan fingerprint density at radius 1 is 1.03 bits per heavy atom. The number of carbonyl (C=O) groups is 3. The van der Waals surface area contributed by atoms with Gasteiger partial charge in [-0.25, -0.2) is 10.2 Å². The fourth-order valence-electron chi connectivity index (χ4n) is 3.60. The fourth-order valence-corrected chi connectivity index (χ4v) is 5.76. The van der Waals surface area contributed by atoms with Gasteiger partial charge in [0, 0.05) is 26.7 Å². The molecule has 0 aliphatic heterocycles. The lowest BCUT2D eigenvalue weighted by Gasteiger charge is -2.11. The lowest BCUT2D eigenvalue weighted by molar-refractivity contribution is -0.117. The summed E-state index contributed by atoms with van der Waals surface area (Å²) < 4.78 is -0.388. The number of anilines is 1. The summed E-state index contributed by atoms with van der Waals surface area (Å²) in [6, 6.07) is 9.32. The van der Waals surface area contributed by atoms with Crippen molar-refractivity contribution < 1.29 is 14.4 Å². The van der Waals surface area contributed by atoms with Crippen molar-refractivity contribution in [2.75, 3.05) is 11.9 Å². The average molecular weight is 656 g/mol. The van der Waals surface area contributed by atoms with E-state index in [4.69, 9.17) is 46.4 Å². The lowest BCUT2D eigenvalue weighted by Crippen LogP contribution is -2.47. The average Bonchev–Trinajstić information content (AvgIpc) is 3.67. The second-order valence-corrected chi connectivity index (χ2v) is 11.8. The van der Waals surface area contributed by atoms with Gasteiger partial charge >= 0.3 is 6.03 Å². The number of hydrogen-bond acceptors (Lipinski definition) is 3. The number of urea groups is 1. The van der Waals surface area contributed by atoms with Gasteiger partial charge in [-0.2, -0.15) is 0 Å². The zero-order valence-corrected chi connectivity index (χ0v) is 22.6. The van der Waals surface area contributed by atoms with E-state index < -0.39 is 34.0 Å². The first-order chi connectivity index (χ1) is 16.1. The molecule has 2 aliphatic carbocycles. The molecule has 2 fully saturated rings. The van der Waals surface area contributed by atoms with Crippen LogP contribution in [0.4, 0.5) is 10.5 Å². The van der Waals surface area contributed by atoms with E-state index in [1.165, 1.54) is 12.1 Å². The van der Waals surface area contributed by atoms with Crippen LogP contribution in [0, 0.1) is 15.4 Å². The van der Waals surface area contributed by atoms with Crippen LogP contribution in [-0.2, 0) is 4.79 Å². The Kier molecular flexibility index (Phi) is 7.74. The van der Waals surface area contributed by atoms with Gasteiger partial charge in [-0.3, -0.25) is 15.0 Å². The summed E-state index contributed by atoms with van der Waals surface area (Å²) in [4.78, 5) is 37.2. The van der Waals surface area contributed by atoms with Crippen molar-refractivity contribution in [1.82, 2.24) is 16.2 Å². The summed E-state index contributed by atoms with van der Waals surface area (Å²) in [5.74, 6) is -1.68. The summed E-state index contributed by atoms with van der Waals surface area (Å²) in [5.41, 5.74) is 5.75. The fraction of sp³-hybridized carbons (Fsp3) is 0.318. The van der Waals surface area contributed by atoms with E-state index in [0.717, 1.165) is 22.0 Å². The highest BCUT2D eigenvalue weighted by Gasteiger charge is 2.67. The molecule has 4 N–H and O–H groups in total. The maximum Gasteiger partial charge on any atom is 0.333 e. The number of benzene rings is 2. The Labute approximate surface area is 229 Å². The third kappa shape index (κ3) is 6.02. The largest absolute Gasteiger partial charge is 0.336 e. The minimum Gasteiger partial charge on any atom is -0.336 e. The first-order valence-electron chi connectivity index (χ1n) is 10.3. The van der Waals surface area contributed by atoms with Crippen LogP contribution < -0.4 is 21.5 Å². The molecule has 0 bridgehead atoms. The molecule has 2 saturated carbocycles. The maximum absolute atomic E-state index is 12.9. The molecule has 2 aliphatic rings. The highest BCUT2D eigenvalue weighted by atomic mass is 127. The van der Waals surface area contributed by atoms with Gasteiger partial charge in [-0.15, -0.1) is 23.2 Å². The van der Waals surface area contributed by atoms with Crippen molar-refractivity contribution in [2.24, 2.45) is 11.8 Å². The minimum atomic E-state index is -1.29. The maximum atomic E-state index is 12.9. The van der Waals surface area contributed by atoms with Gasteiger partial charge in [0.15, 0.2) is 0 Å². The summed E-state index contributed by atoms with van der Waals surface area (Å²) in [5, 5.41) is 6.08. The molecule has 12 heteroatoms. The third-order valence-corrected chi connectivity index (χ3v) is 7.71. The SMILES string of the molecule is O=C(NCC1CC1)NNC(=O)c1cc(NC(=O)C2C(c3cc(Cl)cc(I)c3)C2(Cl)Cl)ccc1Cl. The number of rotatable bonds is 6. The predicted molar refractivity (Wildman–Crippen MR) is 142 cm³/mol. The molecule has 2 aromatic carbocycles. The monoisotopic (exact) mass is 654 g/mol. The molecule has 2 unspecified atom stereocenters. The molecule has 7 nitrogen and oxygen atoms in total. The number of nitrogens with one attached hydrogen (secondary N) is 4. The van der Waals surface area contributed by atoms with Crippen LogP contribution in [0.25, 0.3) is 0 Å². The second-order valence-electron chi connectivity index (χ2n) is 8.25. The summed E-state index contributed by atoms with van der Waals surface area (Å²) in [6.45, 7) is 0.559. The van der Waals surface area contributed by atoms with Crippen molar-refractivity contribution in [3.63, 3.8) is 0 Å². The molecule has 0 aromatic heterocycles. The Hall–Kier alpha value is -1.46. The van der Waals surface area contributed by atoms with Crippen molar-refractivity contribution in [1.29, 1.82) is 0 Å². The van der Waals surface area contributed by atoms with E-state index in [1.54, 1.807) is 18.2 Å². The van der Waals surface area contributed by atoms with Gasteiger partial charge in [0.1, 0.15) is 4.33 Å². The quantitative estimate of drug-likeness (QED) is 0.189. The van der Waals surface area contributed by atoms with Gasteiger partial charge in [0.2, 0.25) is 5.91 Å². The summed E-state index contributed by atoms with van der Waals surface area (Å²) in [6.07, 6.45) is 2.19. The Morgan fingerprint density at radius 2 is 1.76 bits per heavy atom. The van der Waals surface area contributed by atoms with Crippen LogP contribution in [0.5, 0.6) is 0 Å². The van der Waals surface area contributed by atoms with E-state index in [1.807, 2.05) is 6.07 Å². The first-order valence-corrected chi connectivity index (χ1v) is 12.9. The van der Waals surface area contributed by atoms with Crippen molar-refractivity contribution >= 4 is 92.5 Å². The molecule has 2 aromatic rings. The molecule has 0 saturated heterocycles. The first kappa shape index (κ1) is 25.6. The number of hydrazine groups is 1. The van der Waals surface area contributed by atoms with Crippen LogP contribution in [0.3, 0.4) is 0 Å². The molecule has 180 valence electrons. The molecule has 2 atom stereocenters. The highest BCUT2D eigenvalue weighted by molar-refractivity contribution is 14.1. The lowest BCUT2D eigenvalue weighted by atomic mass is 10.1. The second kappa shape index (κ2) is 10.3. The summed E-state index contributed by atoms with van der Waals surface area (Å²) >= 11 is 27.3. The Balaban J connectivity index is 1.39. The van der Waals surface area contributed by atoms with Gasteiger partial charge < -0.3 is 10.6 Å². The van der Waals surface area contributed by atoms with Gasteiger partial charge in [0.25, 0.3) is 5.91 Å². The smallest absolute Gasteiger partial charge is 0.333 e. The Morgan fingerprint density at radius 3 is 2.44 bits per heavy atom. The zero-order chi connectivity index (χ0) is 24.6. The molecule has 34 heavy (non-hydrogen) atoms. The van der Waals surface area contributed by atoms with Gasteiger partial charge in [-0.05, 0) is 83.3 Å². The number of alkyl halides is 2. The molecular formula is C22H19Cl4IN4O3. The molecule has 4 amide bonds. The summed E-state index contributed by atoms with van der Waals surface area (Å²) in [7, 11) is 0. The van der Waals surface area contributed by atoms with Crippen LogP contribution in [0.15, 0.2) is 36.4 Å². The molecular weight excluding hydrogens is 637 g/mol. The molecule has 0 spiro atoms. The molecule has 4 rings (SSSR count). The predicted octanol–water partition coefficient (Wildman–Crippen LogP) is 5.48. The van der Waals surface area contributed by atoms with E-state index in [2.05, 4.69) is 44.1 Å². The third-order valence-electron chi connectivity index (χ3n) is 5.60. The Bertz CT molecular complexity index is 1140. The van der Waals surface area contributed by atoms with E-state index in [-0.39, 0.29) is 10.6 Å². The van der Waals surface area contributed by atoms with Crippen LogP contribution in [0.2, 0.25) is 10.0 Å². The number of amides is 4. The van der Waals surface area contributed by atoms with Crippen LogP contribution in [-0.4, -0.2) is 28.7 Å². The van der Waals surface area contributed by atoms with Crippen molar-refractivity contribution in [2.45, 2.75) is 23.1 Å². The number of halogens is 5. The van der Waals surface area contributed by atoms with Crippen molar-refractivity contribution in [3.8, 4) is 0 Å². The minimum absolute atomic E-state index is 0.0710. The van der Waals surface area contributed by atoms with E-state index >= 15 is 0 Å². The molecule has 0 radical (unpaired) electrons. The van der Waals surface area contributed by atoms with Crippen molar-refractivity contribution in [3.05, 3.63) is 61.1 Å². The van der Waals surface area contributed by atoms with E-state index in [0.29, 0.717) is 23.2 Å². The normalized spacial score (nSPS) is 20.3.